The Morgan fingerprint density at radius 1 is 0.962 bits per heavy atom. The summed E-state index contributed by atoms with van der Waals surface area (Å²) < 4.78 is 5.07. The van der Waals surface area contributed by atoms with Gasteiger partial charge in [0, 0.05) is 24.1 Å². The van der Waals surface area contributed by atoms with Crippen molar-refractivity contribution >= 4 is 39.8 Å². The van der Waals surface area contributed by atoms with Gasteiger partial charge in [0.1, 0.15) is 5.75 Å². The summed E-state index contributed by atoms with van der Waals surface area (Å²) in [5.74, 6) is 0.246. The lowest BCUT2D eigenvalue weighted by Gasteiger charge is -2.08. The van der Waals surface area contributed by atoms with Gasteiger partial charge in [0.25, 0.3) is 0 Å². The Kier molecular flexibility index (Phi) is 5.54. The summed E-state index contributed by atoms with van der Waals surface area (Å²) in [5, 5.41) is 5.25. The van der Waals surface area contributed by atoms with E-state index in [0.29, 0.717) is 22.0 Å². The van der Waals surface area contributed by atoms with Gasteiger partial charge in [0.15, 0.2) is 5.78 Å². The van der Waals surface area contributed by atoms with Crippen LogP contribution in [0.1, 0.15) is 23.2 Å². The maximum Gasteiger partial charge on any atom is 0.224 e. The fourth-order valence-electron chi connectivity index (χ4n) is 2.70. The van der Waals surface area contributed by atoms with Gasteiger partial charge < -0.3 is 10.1 Å². The highest BCUT2D eigenvalue weighted by Crippen LogP contribution is 2.27. The number of carbonyl (C=O) groups excluding carboxylic acids is 2. The van der Waals surface area contributed by atoms with E-state index in [9.17, 15) is 9.59 Å². The number of benzene rings is 3. The summed E-state index contributed by atoms with van der Waals surface area (Å²) in [6.07, 6.45) is 0.253. The molecule has 0 fully saturated rings. The van der Waals surface area contributed by atoms with Crippen LogP contribution in [0.25, 0.3) is 10.8 Å². The van der Waals surface area contributed by atoms with Crippen LogP contribution in [-0.4, -0.2) is 18.8 Å². The average Bonchev–Trinajstić information content (AvgIpc) is 2.66. The van der Waals surface area contributed by atoms with Crippen LogP contribution < -0.4 is 10.1 Å². The van der Waals surface area contributed by atoms with Crippen molar-refractivity contribution in [2.45, 2.75) is 12.8 Å². The zero-order valence-corrected chi connectivity index (χ0v) is 15.0. The number of amides is 1. The van der Waals surface area contributed by atoms with Crippen LogP contribution in [0.3, 0.4) is 0 Å². The Hall–Kier alpha value is -2.85. The standard InChI is InChI=1S/C21H18ClNO3/c1-26-20-10-8-17(13-18(20)22)23-21(25)11-9-19(24)16-7-6-14-4-2-3-5-15(14)12-16/h2-8,10,12-13H,9,11H2,1H3,(H,23,25). The van der Waals surface area contributed by atoms with Crippen molar-refractivity contribution in [3.05, 3.63) is 71.2 Å². The predicted molar refractivity (Wildman–Crippen MR) is 104 cm³/mol. The van der Waals surface area contributed by atoms with Crippen LogP contribution in [0.5, 0.6) is 5.75 Å². The van der Waals surface area contributed by atoms with Crippen LogP contribution in [0.2, 0.25) is 5.02 Å². The number of halogens is 1. The molecule has 0 spiro atoms. The van der Waals surface area contributed by atoms with E-state index in [4.69, 9.17) is 16.3 Å². The molecule has 0 radical (unpaired) electrons. The molecule has 0 unspecified atom stereocenters. The number of anilines is 1. The molecule has 1 N–H and O–H groups in total. The maximum atomic E-state index is 12.4. The molecule has 0 atom stereocenters. The molecule has 0 aliphatic rings. The minimum absolute atomic E-state index is 0.0568. The normalized spacial score (nSPS) is 10.5. The first-order chi connectivity index (χ1) is 12.6. The highest BCUT2D eigenvalue weighted by Gasteiger charge is 2.11. The van der Waals surface area contributed by atoms with Gasteiger partial charge in [0.05, 0.1) is 12.1 Å². The van der Waals surface area contributed by atoms with Gasteiger partial charge in [-0.3, -0.25) is 9.59 Å². The summed E-state index contributed by atoms with van der Waals surface area (Å²) in [6, 6.07) is 18.4. The minimum atomic E-state index is -0.236. The maximum absolute atomic E-state index is 12.4. The number of Topliss-reactive ketones (excluding diaryl/α,β-unsaturated/α-hetero) is 1. The van der Waals surface area contributed by atoms with Crippen LogP contribution >= 0.6 is 11.6 Å². The molecule has 0 aliphatic carbocycles. The largest absolute Gasteiger partial charge is 0.495 e. The number of ether oxygens (including phenoxy) is 1. The van der Waals surface area contributed by atoms with Crippen molar-refractivity contribution < 1.29 is 14.3 Å². The third-order valence-electron chi connectivity index (χ3n) is 4.09. The molecule has 0 aromatic heterocycles. The molecule has 3 aromatic rings. The van der Waals surface area contributed by atoms with E-state index in [2.05, 4.69) is 5.32 Å². The van der Waals surface area contributed by atoms with Gasteiger partial charge >= 0.3 is 0 Å². The van der Waals surface area contributed by atoms with Gasteiger partial charge in [-0.15, -0.1) is 0 Å². The third-order valence-corrected chi connectivity index (χ3v) is 4.38. The van der Waals surface area contributed by atoms with Crippen LogP contribution in [-0.2, 0) is 4.79 Å². The predicted octanol–water partition coefficient (Wildman–Crippen LogP) is 5.10. The molecular formula is C21H18ClNO3. The molecular weight excluding hydrogens is 350 g/mol. The molecule has 3 rings (SSSR count). The number of nitrogens with one attached hydrogen (secondary N) is 1. The molecule has 1 amide bonds. The first-order valence-corrected chi connectivity index (χ1v) is 8.60. The van der Waals surface area contributed by atoms with E-state index in [1.807, 2.05) is 36.4 Å². The molecule has 0 bridgehead atoms. The van der Waals surface area contributed by atoms with Gasteiger partial charge in [-0.1, -0.05) is 48.0 Å². The summed E-state index contributed by atoms with van der Waals surface area (Å²) in [5.41, 5.74) is 1.18. The number of carbonyl (C=O) groups is 2. The lowest BCUT2D eigenvalue weighted by Crippen LogP contribution is -2.13. The van der Waals surface area contributed by atoms with E-state index in [1.165, 1.54) is 7.11 Å². The van der Waals surface area contributed by atoms with E-state index in [1.54, 1.807) is 24.3 Å². The minimum Gasteiger partial charge on any atom is -0.495 e. The second-order valence-corrected chi connectivity index (χ2v) is 6.29. The number of rotatable bonds is 6. The molecule has 26 heavy (non-hydrogen) atoms. The fourth-order valence-corrected chi connectivity index (χ4v) is 2.96. The van der Waals surface area contributed by atoms with Gasteiger partial charge in [-0.2, -0.15) is 0 Å². The molecule has 0 saturated carbocycles. The number of hydrogen-bond acceptors (Lipinski definition) is 3. The zero-order chi connectivity index (χ0) is 18.5. The first-order valence-electron chi connectivity index (χ1n) is 8.22. The lowest BCUT2D eigenvalue weighted by atomic mass is 10.0. The van der Waals surface area contributed by atoms with E-state index < -0.39 is 0 Å². The lowest BCUT2D eigenvalue weighted by molar-refractivity contribution is -0.116. The van der Waals surface area contributed by atoms with Crippen molar-refractivity contribution in [2.24, 2.45) is 0 Å². The van der Waals surface area contributed by atoms with Crippen LogP contribution in [0, 0.1) is 0 Å². The Balaban J connectivity index is 1.59. The molecule has 3 aromatic carbocycles. The van der Waals surface area contributed by atoms with E-state index in [-0.39, 0.29) is 24.5 Å². The molecule has 4 nitrogen and oxygen atoms in total. The van der Waals surface area contributed by atoms with Gasteiger partial charge in [-0.05, 0) is 35.0 Å². The molecule has 0 saturated heterocycles. The Bertz CT molecular complexity index is 968. The smallest absolute Gasteiger partial charge is 0.224 e. The molecule has 132 valence electrons. The zero-order valence-electron chi connectivity index (χ0n) is 14.3. The molecule has 0 aliphatic heterocycles. The van der Waals surface area contributed by atoms with Crippen molar-refractivity contribution in [3.63, 3.8) is 0 Å². The van der Waals surface area contributed by atoms with E-state index in [0.717, 1.165) is 10.8 Å². The molecule has 5 heteroatoms. The van der Waals surface area contributed by atoms with Crippen molar-refractivity contribution in [1.29, 1.82) is 0 Å². The highest BCUT2D eigenvalue weighted by atomic mass is 35.5. The number of hydrogen-bond donors (Lipinski definition) is 1. The topological polar surface area (TPSA) is 55.4 Å². The van der Waals surface area contributed by atoms with Crippen molar-refractivity contribution in [1.82, 2.24) is 0 Å². The SMILES string of the molecule is COc1ccc(NC(=O)CCC(=O)c2ccc3ccccc3c2)cc1Cl. The quantitative estimate of drug-likeness (QED) is 0.616. The van der Waals surface area contributed by atoms with Crippen molar-refractivity contribution in [3.8, 4) is 5.75 Å². The Labute approximate surface area is 156 Å². The third kappa shape index (κ3) is 4.21. The highest BCUT2D eigenvalue weighted by molar-refractivity contribution is 6.32. The fraction of sp³-hybridized carbons (Fsp3) is 0.143. The number of ketones is 1. The Morgan fingerprint density at radius 2 is 1.73 bits per heavy atom. The monoisotopic (exact) mass is 367 g/mol. The van der Waals surface area contributed by atoms with E-state index >= 15 is 0 Å². The summed E-state index contributed by atoms with van der Waals surface area (Å²) >= 11 is 6.04. The number of methoxy groups -OCH3 is 1. The summed E-state index contributed by atoms with van der Waals surface area (Å²) in [7, 11) is 1.53. The van der Waals surface area contributed by atoms with Crippen LogP contribution in [0.4, 0.5) is 5.69 Å². The van der Waals surface area contributed by atoms with Crippen molar-refractivity contribution in [2.75, 3.05) is 12.4 Å². The van der Waals surface area contributed by atoms with Gasteiger partial charge in [0.2, 0.25) is 5.91 Å². The molecule has 0 heterocycles. The summed E-state index contributed by atoms with van der Waals surface area (Å²) in [6.45, 7) is 0. The second kappa shape index (κ2) is 8.02. The summed E-state index contributed by atoms with van der Waals surface area (Å²) in [4.78, 5) is 24.5. The number of fused-ring (bicyclic) bond motifs is 1. The second-order valence-electron chi connectivity index (χ2n) is 5.88. The first kappa shape index (κ1) is 18.0. The van der Waals surface area contributed by atoms with Crippen LogP contribution in [0.15, 0.2) is 60.7 Å². The average molecular weight is 368 g/mol. The Morgan fingerprint density at radius 3 is 2.46 bits per heavy atom. The van der Waals surface area contributed by atoms with Gasteiger partial charge in [-0.25, -0.2) is 0 Å².